The van der Waals surface area contributed by atoms with Crippen molar-refractivity contribution in [1.82, 2.24) is 10.2 Å². The Kier molecular flexibility index (Phi) is 4.41. The molecule has 1 atom stereocenters. The lowest BCUT2D eigenvalue weighted by molar-refractivity contribution is -0.139. The van der Waals surface area contributed by atoms with Gasteiger partial charge in [0.05, 0.1) is 6.42 Å². The zero-order chi connectivity index (χ0) is 13.0. The molecule has 2 amide bonds. The lowest BCUT2D eigenvalue weighted by atomic mass is 9.97. The van der Waals surface area contributed by atoms with Gasteiger partial charge in [0, 0.05) is 38.8 Å². The van der Waals surface area contributed by atoms with E-state index in [-0.39, 0.29) is 18.4 Å². The van der Waals surface area contributed by atoms with Crippen LogP contribution in [0.15, 0.2) is 0 Å². The van der Waals surface area contributed by atoms with E-state index in [1.807, 2.05) is 0 Å². The van der Waals surface area contributed by atoms with Gasteiger partial charge >= 0.3 is 12.0 Å². The molecular formula is C12H20N2O4. The summed E-state index contributed by atoms with van der Waals surface area (Å²) >= 11 is 0. The highest BCUT2D eigenvalue weighted by atomic mass is 16.5. The number of amides is 2. The molecule has 2 aliphatic rings. The first-order valence-electron chi connectivity index (χ1n) is 6.47. The van der Waals surface area contributed by atoms with Gasteiger partial charge in [0.2, 0.25) is 0 Å². The van der Waals surface area contributed by atoms with E-state index in [4.69, 9.17) is 9.84 Å². The highest BCUT2D eigenvalue weighted by Gasteiger charge is 2.31. The van der Waals surface area contributed by atoms with Crippen molar-refractivity contribution >= 4 is 12.0 Å². The maximum absolute atomic E-state index is 11.7. The summed E-state index contributed by atoms with van der Waals surface area (Å²) in [5, 5.41) is 11.5. The molecule has 2 aliphatic heterocycles. The van der Waals surface area contributed by atoms with Gasteiger partial charge in [-0.3, -0.25) is 4.79 Å². The van der Waals surface area contributed by atoms with E-state index < -0.39 is 5.97 Å². The number of carboxylic acid groups (broad SMARTS) is 1. The van der Waals surface area contributed by atoms with Gasteiger partial charge in [-0.05, 0) is 18.8 Å². The van der Waals surface area contributed by atoms with Gasteiger partial charge < -0.3 is 20.1 Å². The minimum atomic E-state index is -0.790. The van der Waals surface area contributed by atoms with E-state index in [1.165, 1.54) is 0 Å². The zero-order valence-corrected chi connectivity index (χ0v) is 10.4. The summed E-state index contributed by atoms with van der Waals surface area (Å²) in [6.07, 6.45) is 2.20. The molecule has 2 rings (SSSR count). The fourth-order valence-electron chi connectivity index (χ4n) is 2.42. The Balaban J connectivity index is 1.54. The second-order valence-corrected chi connectivity index (χ2v) is 5.12. The van der Waals surface area contributed by atoms with Crippen LogP contribution in [0, 0.1) is 11.8 Å². The zero-order valence-electron chi connectivity index (χ0n) is 10.4. The Labute approximate surface area is 106 Å². The van der Waals surface area contributed by atoms with Crippen LogP contribution in [0.25, 0.3) is 0 Å². The summed E-state index contributed by atoms with van der Waals surface area (Å²) in [6, 6.07) is -0.0736. The fourth-order valence-corrected chi connectivity index (χ4v) is 2.42. The number of hydrogen-bond donors (Lipinski definition) is 2. The molecule has 18 heavy (non-hydrogen) atoms. The van der Waals surface area contributed by atoms with Crippen LogP contribution in [0.2, 0.25) is 0 Å². The number of carboxylic acids is 1. The molecule has 2 N–H and O–H groups in total. The van der Waals surface area contributed by atoms with E-state index in [0.717, 1.165) is 26.1 Å². The van der Waals surface area contributed by atoms with Crippen LogP contribution in [-0.2, 0) is 9.53 Å². The number of ether oxygens (including phenoxy) is 1. The molecule has 6 nitrogen and oxygen atoms in total. The average molecular weight is 256 g/mol. The van der Waals surface area contributed by atoms with Crippen LogP contribution in [0.3, 0.4) is 0 Å². The van der Waals surface area contributed by atoms with Crippen LogP contribution in [-0.4, -0.2) is 54.9 Å². The second kappa shape index (κ2) is 6.04. The third-order valence-electron chi connectivity index (χ3n) is 3.56. The molecule has 0 bridgehead atoms. The molecule has 0 spiro atoms. The van der Waals surface area contributed by atoms with E-state index in [1.54, 1.807) is 4.90 Å². The standard InChI is InChI=1S/C12H20N2O4/c15-11(16)5-10-6-14(7-10)12(17)13-3-1-9-2-4-18-8-9/h9-10H,1-8H2,(H,13,17)(H,15,16). The van der Waals surface area contributed by atoms with Crippen LogP contribution < -0.4 is 5.32 Å². The fraction of sp³-hybridized carbons (Fsp3) is 0.833. The van der Waals surface area contributed by atoms with Crippen molar-refractivity contribution in [1.29, 1.82) is 0 Å². The molecular weight excluding hydrogens is 236 g/mol. The first kappa shape index (κ1) is 13.1. The molecule has 0 aromatic rings. The summed E-state index contributed by atoms with van der Waals surface area (Å²) in [6.45, 7) is 3.43. The summed E-state index contributed by atoms with van der Waals surface area (Å²) in [4.78, 5) is 23.8. The molecule has 102 valence electrons. The molecule has 2 fully saturated rings. The number of carbonyl (C=O) groups is 2. The predicted molar refractivity (Wildman–Crippen MR) is 64.3 cm³/mol. The maximum Gasteiger partial charge on any atom is 0.317 e. The largest absolute Gasteiger partial charge is 0.481 e. The molecule has 6 heteroatoms. The Morgan fingerprint density at radius 3 is 2.72 bits per heavy atom. The number of rotatable bonds is 5. The van der Waals surface area contributed by atoms with E-state index >= 15 is 0 Å². The summed E-state index contributed by atoms with van der Waals surface area (Å²) in [5.41, 5.74) is 0. The Bertz CT molecular complexity index is 309. The number of nitrogens with one attached hydrogen (secondary N) is 1. The maximum atomic E-state index is 11.7. The highest BCUT2D eigenvalue weighted by molar-refractivity contribution is 5.75. The SMILES string of the molecule is O=C(O)CC1CN(C(=O)NCCC2CCOC2)C1. The molecule has 0 aliphatic carbocycles. The van der Waals surface area contributed by atoms with Crippen LogP contribution in [0.1, 0.15) is 19.3 Å². The van der Waals surface area contributed by atoms with Crippen LogP contribution >= 0.6 is 0 Å². The smallest absolute Gasteiger partial charge is 0.317 e. The summed E-state index contributed by atoms with van der Waals surface area (Å²) in [7, 11) is 0. The van der Waals surface area contributed by atoms with Crippen molar-refractivity contribution in [3.63, 3.8) is 0 Å². The summed E-state index contributed by atoms with van der Waals surface area (Å²) < 4.78 is 5.27. The number of hydrogen-bond acceptors (Lipinski definition) is 3. The molecule has 2 saturated heterocycles. The molecule has 1 unspecified atom stereocenters. The Morgan fingerprint density at radius 1 is 1.33 bits per heavy atom. The third kappa shape index (κ3) is 3.60. The van der Waals surface area contributed by atoms with Gasteiger partial charge in [0.15, 0.2) is 0 Å². The predicted octanol–water partition coefficient (Wildman–Crippen LogP) is 0.529. The normalized spacial score (nSPS) is 23.8. The average Bonchev–Trinajstić information content (AvgIpc) is 2.75. The number of nitrogens with zero attached hydrogens (tertiary/aromatic N) is 1. The van der Waals surface area contributed by atoms with Crippen molar-refractivity contribution < 1.29 is 19.4 Å². The minimum Gasteiger partial charge on any atom is -0.481 e. The van der Waals surface area contributed by atoms with Crippen molar-refractivity contribution in [3.8, 4) is 0 Å². The highest BCUT2D eigenvalue weighted by Crippen LogP contribution is 2.19. The first-order chi connectivity index (χ1) is 8.65. The van der Waals surface area contributed by atoms with Gasteiger partial charge in [0.1, 0.15) is 0 Å². The quantitative estimate of drug-likeness (QED) is 0.752. The van der Waals surface area contributed by atoms with Gasteiger partial charge in [0.25, 0.3) is 0 Å². The Morgan fingerprint density at radius 2 is 2.11 bits per heavy atom. The van der Waals surface area contributed by atoms with Crippen molar-refractivity contribution in [2.75, 3.05) is 32.8 Å². The molecule has 2 heterocycles. The molecule has 0 aromatic heterocycles. The monoisotopic (exact) mass is 256 g/mol. The molecule has 0 aromatic carbocycles. The Hall–Kier alpha value is -1.30. The first-order valence-corrected chi connectivity index (χ1v) is 6.47. The lowest BCUT2D eigenvalue weighted by Gasteiger charge is -2.38. The number of likely N-dealkylation sites (tertiary alicyclic amines) is 1. The van der Waals surface area contributed by atoms with E-state index in [0.29, 0.717) is 25.6 Å². The van der Waals surface area contributed by atoms with E-state index in [2.05, 4.69) is 5.32 Å². The number of aliphatic carboxylic acids is 1. The number of urea groups is 1. The third-order valence-corrected chi connectivity index (χ3v) is 3.56. The van der Waals surface area contributed by atoms with Crippen molar-refractivity contribution in [3.05, 3.63) is 0 Å². The molecule has 0 radical (unpaired) electrons. The van der Waals surface area contributed by atoms with Crippen LogP contribution in [0.5, 0.6) is 0 Å². The lowest BCUT2D eigenvalue weighted by Crippen LogP contribution is -2.54. The molecule has 0 saturated carbocycles. The van der Waals surface area contributed by atoms with Gasteiger partial charge in [-0.25, -0.2) is 4.79 Å². The summed E-state index contributed by atoms with van der Waals surface area (Å²) in [5.74, 6) is -0.0979. The minimum absolute atomic E-state index is 0.0736. The van der Waals surface area contributed by atoms with E-state index in [9.17, 15) is 9.59 Å². The second-order valence-electron chi connectivity index (χ2n) is 5.12. The topological polar surface area (TPSA) is 78.9 Å². The van der Waals surface area contributed by atoms with Crippen molar-refractivity contribution in [2.24, 2.45) is 11.8 Å². The van der Waals surface area contributed by atoms with Crippen LogP contribution in [0.4, 0.5) is 4.79 Å². The van der Waals surface area contributed by atoms with Gasteiger partial charge in [-0.15, -0.1) is 0 Å². The van der Waals surface area contributed by atoms with Gasteiger partial charge in [-0.1, -0.05) is 0 Å². The number of carbonyl (C=O) groups excluding carboxylic acids is 1. The van der Waals surface area contributed by atoms with Gasteiger partial charge in [-0.2, -0.15) is 0 Å². The van der Waals surface area contributed by atoms with Crippen molar-refractivity contribution in [2.45, 2.75) is 19.3 Å².